The van der Waals surface area contributed by atoms with E-state index in [0.717, 1.165) is 49.9 Å². The van der Waals surface area contributed by atoms with Crippen LogP contribution in [0.25, 0.3) is 0 Å². The summed E-state index contributed by atoms with van der Waals surface area (Å²) < 4.78 is 5.76. The minimum atomic E-state index is 0.129. The molecule has 2 aliphatic rings. The molecule has 0 aromatic carbocycles. The van der Waals surface area contributed by atoms with Crippen LogP contribution in [0.15, 0.2) is 44.9 Å². The third kappa shape index (κ3) is 5.15. The second-order valence-corrected chi connectivity index (χ2v) is 6.96. The summed E-state index contributed by atoms with van der Waals surface area (Å²) in [5.74, 6) is 1.59. The normalized spacial score (nSPS) is 22.3. The maximum absolute atomic E-state index is 6.35. The molecule has 1 unspecified atom stereocenters. The Morgan fingerprint density at radius 2 is 2.20 bits per heavy atom. The van der Waals surface area contributed by atoms with Crippen molar-refractivity contribution >= 4 is 35.1 Å². The molecule has 8 heteroatoms. The number of thiocarbonyl (C=S) groups is 1. The number of hydrogen-bond donors (Lipinski definition) is 2. The van der Waals surface area contributed by atoms with Gasteiger partial charge < -0.3 is 10.2 Å². The fraction of sp³-hybridized carbons (Fsp3) is 0.412. The Morgan fingerprint density at radius 1 is 1.40 bits per heavy atom. The molecule has 1 atom stereocenters. The summed E-state index contributed by atoms with van der Waals surface area (Å²) >= 11 is 11.0. The minimum absolute atomic E-state index is 0.129. The van der Waals surface area contributed by atoms with Gasteiger partial charge in [-0.25, -0.2) is 0 Å². The van der Waals surface area contributed by atoms with Gasteiger partial charge >= 0.3 is 0 Å². The molecule has 0 spiro atoms. The summed E-state index contributed by atoms with van der Waals surface area (Å²) in [4.78, 5) is 4.85. The molecule has 1 aromatic heterocycles. The van der Waals surface area contributed by atoms with Gasteiger partial charge in [0.25, 0.3) is 0 Å². The summed E-state index contributed by atoms with van der Waals surface area (Å²) in [5.41, 5.74) is 7.82. The standard InChI is InChI=1S/C17H22ClN5OS/c18-15-3-1-2-4-16(15)23-9-7-22(8-10-23)12-14-6-5-13(24-14)11-20-21-17(19)25/h1-3,5-6,11,16H,4,7-10,12H2,(H3,19,21,25)/b20-11+. The molecule has 3 N–H and O–H groups in total. The van der Waals surface area contributed by atoms with Crippen LogP contribution >= 0.6 is 23.8 Å². The predicted molar refractivity (Wildman–Crippen MR) is 105 cm³/mol. The quantitative estimate of drug-likeness (QED) is 0.463. The summed E-state index contributed by atoms with van der Waals surface area (Å²) in [5, 5.41) is 4.96. The van der Waals surface area contributed by atoms with E-state index in [2.05, 4.69) is 38.6 Å². The number of piperazine rings is 1. The number of hydrazone groups is 1. The van der Waals surface area contributed by atoms with E-state index in [-0.39, 0.29) is 5.11 Å². The van der Waals surface area contributed by atoms with Crippen molar-refractivity contribution in [3.05, 3.63) is 46.9 Å². The van der Waals surface area contributed by atoms with E-state index in [9.17, 15) is 0 Å². The second kappa shape index (κ2) is 8.62. The maximum Gasteiger partial charge on any atom is 0.184 e. The molecule has 0 bridgehead atoms. The molecule has 1 aliphatic heterocycles. The lowest BCUT2D eigenvalue weighted by Gasteiger charge is -2.39. The van der Waals surface area contributed by atoms with Gasteiger partial charge in [0.05, 0.1) is 12.8 Å². The Bertz CT molecular complexity index is 691. The van der Waals surface area contributed by atoms with E-state index in [0.29, 0.717) is 11.8 Å². The average Bonchev–Trinajstić information content (AvgIpc) is 3.03. The van der Waals surface area contributed by atoms with Crippen molar-refractivity contribution < 1.29 is 4.42 Å². The van der Waals surface area contributed by atoms with E-state index < -0.39 is 0 Å². The smallest absolute Gasteiger partial charge is 0.184 e. The number of furan rings is 1. The molecule has 134 valence electrons. The molecule has 1 aliphatic carbocycles. The van der Waals surface area contributed by atoms with Crippen LogP contribution in [0.1, 0.15) is 17.9 Å². The zero-order valence-electron chi connectivity index (χ0n) is 13.9. The second-order valence-electron chi connectivity index (χ2n) is 6.08. The predicted octanol–water partition coefficient (Wildman–Crippen LogP) is 2.02. The first-order valence-electron chi connectivity index (χ1n) is 8.27. The van der Waals surface area contributed by atoms with Gasteiger partial charge in [-0.15, -0.1) is 0 Å². The molecule has 25 heavy (non-hydrogen) atoms. The largest absolute Gasteiger partial charge is 0.459 e. The van der Waals surface area contributed by atoms with Crippen LogP contribution in [-0.2, 0) is 6.54 Å². The highest BCUT2D eigenvalue weighted by Gasteiger charge is 2.26. The molecule has 1 fully saturated rings. The van der Waals surface area contributed by atoms with E-state index >= 15 is 0 Å². The topological polar surface area (TPSA) is 70.0 Å². The average molecular weight is 380 g/mol. The van der Waals surface area contributed by atoms with Crippen LogP contribution in [0.4, 0.5) is 0 Å². The van der Waals surface area contributed by atoms with Gasteiger partial charge in [-0.05, 0) is 36.8 Å². The first kappa shape index (κ1) is 18.1. The van der Waals surface area contributed by atoms with Crippen molar-refractivity contribution in [1.82, 2.24) is 15.2 Å². The van der Waals surface area contributed by atoms with E-state index in [1.165, 1.54) is 0 Å². The molecule has 6 nitrogen and oxygen atoms in total. The van der Waals surface area contributed by atoms with Gasteiger partial charge in [-0.1, -0.05) is 23.8 Å². The molecular weight excluding hydrogens is 358 g/mol. The Kier molecular flexibility index (Phi) is 6.25. The van der Waals surface area contributed by atoms with Gasteiger partial charge in [0, 0.05) is 37.3 Å². The summed E-state index contributed by atoms with van der Waals surface area (Å²) in [6.07, 6.45) is 8.77. The van der Waals surface area contributed by atoms with Crippen LogP contribution in [-0.4, -0.2) is 53.3 Å². The van der Waals surface area contributed by atoms with Crippen LogP contribution in [0.2, 0.25) is 0 Å². The monoisotopic (exact) mass is 379 g/mol. The molecule has 3 rings (SSSR count). The van der Waals surface area contributed by atoms with Crippen LogP contribution in [0.5, 0.6) is 0 Å². The highest BCUT2D eigenvalue weighted by atomic mass is 35.5. The third-order valence-corrected chi connectivity index (χ3v) is 4.81. The number of hydrogen-bond acceptors (Lipinski definition) is 5. The first-order valence-corrected chi connectivity index (χ1v) is 9.06. The Hall–Kier alpha value is -1.67. The van der Waals surface area contributed by atoms with Crippen molar-refractivity contribution in [2.24, 2.45) is 10.8 Å². The van der Waals surface area contributed by atoms with Gasteiger partial charge in [0.2, 0.25) is 0 Å². The SMILES string of the molecule is NC(=S)N/N=C/c1ccc(CN2CCN(C3CC=CC=C3Cl)CC2)o1. The highest BCUT2D eigenvalue weighted by Crippen LogP contribution is 2.24. The number of nitrogens with two attached hydrogens (primary N) is 1. The molecule has 0 saturated carbocycles. The number of halogens is 1. The fourth-order valence-electron chi connectivity index (χ4n) is 3.08. The van der Waals surface area contributed by atoms with Crippen LogP contribution in [0.3, 0.4) is 0 Å². The number of nitrogens with one attached hydrogen (secondary N) is 1. The van der Waals surface area contributed by atoms with Crippen molar-refractivity contribution in [1.29, 1.82) is 0 Å². The van der Waals surface area contributed by atoms with Gasteiger partial charge in [-0.2, -0.15) is 5.10 Å². The number of rotatable bonds is 5. The zero-order valence-corrected chi connectivity index (χ0v) is 15.5. The van der Waals surface area contributed by atoms with Gasteiger partial charge in [0.15, 0.2) is 5.11 Å². The van der Waals surface area contributed by atoms with Crippen molar-refractivity contribution in [2.45, 2.75) is 19.0 Å². The highest BCUT2D eigenvalue weighted by molar-refractivity contribution is 7.80. The molecule has 1 saturated heterocycles. The molecular formula is C17H22ClN5OS. The summed E-state index contributed by atoms with van der Waals surface area (Å²) in [6.45, 7) is 4.80. The van der Waals surface area contributed by atoms with E-state index in [4.69, 9.17) is 21.8 Å². The maximum atomic E-state index is 6.35. The van der Waals surface area contributed by atoms with Gasteiger partial charge in [0.1, 0.15) is 11.5 Å². The summed E-state index contributed by atoms with van der Waals surface area (Å²) in [6, 6.07) is 4.19. The molecule has 0 radical (unpaired) electrons. The number of nitrogens with zero attached hydrogens (tertiary/aromatic N) is 3. The minimum Gasteiger partial charge on any atom is -0.459 e. The molecule has 2 heterocycles. The van der Waals surface area contributed by atoms with E-state index in [1.807, 2.05) is 24.3 Å². The van der Waals surface area contributed by atoms with Crippen molar-refractivity contribution in [2.75, 3.05) is 26.2 Å². The van der Waals surface area contributed by atoms with Crippen LogP contribution < -0.4 is 11.2 Å². The number of allylic oxidation sites excluding steroid dienone is 2. The first-order chi connectivity index (χ1) is 12.1. The zero-order chi connectivity index (χ0) is 17.6. The molecule has 1 aromatic rings. The Labute approximate surface area is 158 Å². The Morgan fingerprint density at radius 3 is 2.92 bits per heavy atom. The van der Waals surface area contributed by atoms with Crippen molar-refractivity contribution in [3.8, 4) is 0 Å². The lowest BCUT2D eigenvalue weighted by atomic mass is 10.1. The lowest BCUT2D eigenvalue weighted by molar-refractivity contribution is 0.101. The van der Waals surface area contributed by atoms with E-state index in [1.54, 1.807) is 6.21 Å². The van der Waals surface area contributed by atoms with Crippen molar-refractivity contribution in [3.63, 3.8) is 0 Å². The third-order valence-electron chi connectivity index (χ3n) is 4.35. The summed E-state index contributed by atoms with van der Waals surface area (Å²) in [7, 11) is 0. The van der Waals surface area contributed by atoms with Gasteiger partial charge in [-0.3, -0.25) is 15.2 Å². The Balaban J connectivity index is 1.47. The lowest BCUT2D eigenvalue weighted by Crippen LogP contribution is -2.50. The fourth-order valence-corrected chi connectivity index (χ4v) is 3.43. The molecule has 0 amide bonds. The van der Waals surface area contributed by atoms with Crippen LogP contribution in [0, 0.1) is 0 Å².